The molecule has 114 valence electrons. The Hall–Kier alpha value is -1.27. The zero-order valence-corrected chi connectivity index (χ0v) is 13.3. The van der Waals surface area contributed by atoms with Crippen LogP contribution in [0.25, 0.3) is 0 Å². The standard InChI is InChI=1S/C13H22N4O2.ClH/c1-9-7-14-5-6-17(9)12(18)8-19-13-10(2)15-16(4)11(13)3;/h9,14H,5-8H2,1-4H3;1H/t9-;/m0./s1. The van der Waals surface area contributed by atoms with Crippen molar-refractivity contribution in [2.45, 2.75) is 26.8 Å². The third-order valence-corrected chi connectivity index (χ3v) is 3.60. The summed E-state index contributed by atoms with van der Waals surface area (Å²) in [6.45, 7) is 8.39. The average molecular weight is 303 g/mol. The molecule has 1 fully saturated rings. The fraction of sp³-hybridized carbons (Fsp3) is 0.692. The summed E-state index contributed by atoms with van der Waals surface area (Å²) in [5.74, 6) is 0.760. The summed E-state index contributed by atoms with van der Waals surface area (Å²) < 4.78 is 7.42. The molecule has 0 radical (unpaired) electrons. The summed E-state index contributed by atoms with van der Waals surface area (Å²) in [5.41, 5.74) is 1.76. The Morgan fingerprint density at radius 1 is 1.50 bits per heavy atom. The predicted octanol–water partition coefficient (Wildman–Crippen LogP) is 0.658. The lowest BCUT2D eigenvalue weighted by atomic mass is 10.2. The minimum absolute atomic E-state index is 0. The van der Waals surface area contributed by atoms with E-state index in [9.17, 15) is 4.79 Å². The number of nitrogens with zero attached hydrogens (tertiary/aromatic N) is 3. The molecule has 1 aromatic rings. The highest BCUT2D eigenvalue weighted by atomic mass is 35.5. The largest absolute Gasteiger partial charge is 0.480 e. The second-order valence-corrected chi connectivity index (χ2v) is 5.05. The molecule has 0 aliphatic carbocycles. The van der Waals surface area contributed by atoms with Crippen LogP contribution in [0, 0.1) is 13.8 Å². The topological polar surface area (TPSA) is 59.4 Å². The van der Waals surface area contributed by atoms with Crippen LogP contribution in [0.4, 0.5) is 0 Å². The number of aryl methyl sites for hydroxylation is 2. The molecule has 2 rings (SSSR count). The van der Waals surface area contributed by atoms with Crippen molar-refractivity contribution in [1.82, 2.24) is 20.0 Å². The van der Waals surface area contributed by atoms with Crippen LogP contribution in [0.15, 0.2) is 0 Å². The van der Waals surface area contributed by atoms with Gasteiger partial charge in [0.1, 0.15) is 5.69 Å². The maximum Gasteiger partial charge on any atom is 0.260 e. The van der Waals surface area contributed by atoms with Crippen LogP contribution >= 0.6 is 12.4 Å². The number of piperazine rings is 1. The average Bonchev–Trinajstić information content (AvgIpc) is 2.61. The van der Waals surface area contributed by atoms with Gasteiger partial charge in [-0.25, -0.2) is 0 Å². The molecule has 0 saturated carbocycles. The maximum atomic E-state index is 12.2. The first-order valence-corrected chi connectivity index (χ1v) is 6.64. The third-order valence-electron chi connectivity index (χ3n) is 3.60. The Morgan fingerprint density at radius 2 is 2.20 bits per heavy atom. The van der Waals surface area contributed by atoms with Crippen LogP contribution in [-0.2, 0) is 11.8 Å². The molecule has 6 nitrogen and oxygen atoms in total. The van der Waals surface area contributed by atoms with Crippen molar-refractivity contribution in [3.8, 4) is 5.75 Å². The number of hydrogen-bond acceptors (Lipinski definition) is 4. The Labute approximate surface area is 125 Å². The van der Waals surface area contributed by atoms with Gasteiger partial charge in [-0.05, 0) is 20.8 Å². The molecule has 0 aromatic carbocycles. The minimum atomic E-state index is 0. The Balaban J connectivity index is 0.00000200. The molecule has 0 unspecified atom stereocenters. The summed E-state index contributed by atoms with van der Waals surface area (Å²) in [6.07, 6.45) is 0. The van der Waals surface area contributed by atoms with E-state index in [0.29, 0.717) is 0 Å². The fourth-order valence-electron chi connectivity index (χ4n) is 2.39. The second-order valence-electron chi connectivity index (χ2n) is 5.05. The molecule has 2 heterocycles. The summed E-state index contributed by atoms with van der Waals surface area (Å²) in [5, 5.41) is 7.54. The molecule has 1 amide bonds. The Morgan fingerprint density at radius 3 is 2.75 bits per heavy atom. The highest BCUT2D eigenvalue weighted by molar-refractivity contribution is 5.85. The van der Waals surface area contributed by atoms with Gasteiger partial charge >= 0.3 is 0 Å². The van der Waals surface area contributed by atoms with E-state index in [4.69, 9.17) is 4.74 Å². The van der Waals surface area contributed by atoms with Gasteiger partial charge in [-0.2, -0.15) is 5.10 Å². The van der Waals surface area contributed by atoms with Crippen molar-refractivity contribution in [2.24, 2.45) is 7.05 Å². The number of halogens is 1. The lowest BCUT2D eigenvalue weighted by molar-refractivity contribution is -0.136. The third kappa shape index (κ3) is 3.43. The van der Waals surface area contributed by atoms with Gasteiger partial charge in [0.15, 0.2) is 12.4 Å². The molecule has 0 spiro atoms. The zero-order valence-electron chi connectivity index (χ0n) is 12.5. The van der Waals surface area contributed by atoms with Gasteiger partial charge in [-0.1, -0.05) is 0 Å². The Bertz CT molecular complexity index is 475. The first-order valence-electron chi connectivity index (χ1n) is 6.64. The zero-order chi connectivity index (χ0) is 14.0. The van der Waals surface area contributed by atoms with Crippen LogP contribution in [0.1, 0.15) is 18.3 Å². The van der Waals surface area contributed by atoms with Crippen molar-refractivity contribution < 1.29 is 9.53 Å². The van der Waals surface area contributed by atoms with Gasteiger partial charge in [0.05, 0.1) is 5.69 Å². The number of ether oxygens (including phenoxy) is 1. The molecular formula is C13H23ClN4O2. The maximum absolute atomic E-state index is 12.2. The number of nitrogens with one attached hydrogen (secondary N) is 1. The second kappa shape index (κ2) is 6.95. The molecule has 1 aliphatic heterocycles. The molecule has 1 saturated heterocycles. The van der Waals surface area contributed by atoms with Crippen LogP contribution in [0.2, 0.25) is 0 Å². The predicted molar refractivity (Wildman–Crippen MR) is 79.5 cm³/mol. The van der Waals surface area contributed by atoms with E-state index in [1.165, 1.54) is 0 Å². The van der Waals surface area contributed by atoms with E-state index in [1.807, 2.05) is 32.7 Å². The highest BCUT2D eigenvalue weighted by Crippen LogP contribution is 2.21. The normalized spacial score (nSPS) is 18.6. The number of aromatic nitrogens is 2. The van der Waals surface area contributed by atoms with Crippen LogP contribution < -0.4 is 10.1 Å². The number of hydrogen-bond donors (Lipinski definition) is 1. The first kappa shape index (κ1) is 16.8. The van der Waals surface area contributed by atoms with Gasteiger partial charge in [0, 0.05) is 32.7 Å². The summed E-state index contributed by atoms with van der Waals surface area (Å²) in [7, 11) is 1.87. The van der Waals surface area contributed by atoms with E-state index in [-0.39, 0.29) is 31.0 Å². The van der Waals surface area contributed by atoms with E-state index >= 15 is 0 Å². The van der Waals surface area contributed by atoms with Crippen molar-refractivity contribution in [2.75, 3.05) is 26.2 Å². The SMILES string of the molecule is Cc1nn(C)c(C)c1OCC(=O)N1CCNC[C@@H]1C.Cl. The summed E-state index contributed by atoms with van der Waals surface area (Å²) in [4.78, 5) is 14.0. The molecule has 1 aliphatic rings. The molecule has 0 bridgehead atoms. The lowest BCUT2D eigenvalue weighted by Crippen LogP contribution is -2.53. The number of amides is 1. The van der Waals surface area contributed by atoms with Crippen LogP contribution in [0.3, 0.4) is 0 Å². The van der Waals surface area contributed by atoms with E-state index in [1.54, 1.807) is 4.68 Å². The molecular weight excluding hydrogens is 280 g/mol. The van der Waals surface area contributed by atoms with Crippen LogP contribution in [0.5, 0.6) is 5.75 Å². The van der Waals surface area contributed by atoms with Crippen molar-refractivity contribution >= 4 is 18.3 Å². The summed E-state index contributed by atoms with van der Waals surface area (Å²) in [6, 6.07) is 0.223. The smallest absolute Gasteiger partial charge is 0.260 e. The number of rotatable bonds is 3. The number of carbonyl (C=O) groups is 1. The monoisotopic (exact) mass is 302 g/mol. The van der Waals surface area contributed by atoms with Crippen molar-refractivity contribution in [3.63, 3.8) is 0 Å². The molecule has 20 heavy (non-hydrogen) atoms. The molecule has 1 atom stereocenters. The molecule has 1 N–H and O–H groups in total. The van der Waals surface area contributed by atoms with Gasteiger partial charge in [0.2, 0.25) is 0 Å². The summed E-state index contributed by atoms with van der Waals surface area (Å²) >= 11 is 0. The van der Waals surface area contributed by atoms with Crippen molar-refractivity contribution in [3.05, 3.63) is 11.4 Å². The first-order chi connectivity index (χ1) is 9.00. The lowest BCUT2D eigenvalue weighted by Gasteiger charge is -2.33. The van der Waals surface area contributed by atoms with Crippen molar-refractivity contribution in [1.29, 1.82) is 0 Å². The highest BCUT2D eigenvalue weighted by Gasteiger charge is 2.23. The van der Waals surface area contributed by atoms with Crippen LogP contribution in [-0.4, -0.2) is 52.9 Å². The minimum Gasteiger partial charge on any atom is -0.480 e. The molecule has 1 aromatic heterocycles. The van der Waals surface area contributed by atoms with Gasteiger partial charge < -0.3 is 15.0 Å². The van der Waals surface area contributed by atoms with E-state index < -0.39 is 0 Å². The van der Waals surface area contributed by atoms with Gasteiger partial charge in [-0.15, -0.1) is 12.4 Å². The quantitative estimate of drug-likeness (QED) is 0.891. The fourth-order valence-corrected chi connectivity index (χ4v) is 2.39. The van der Waals surface area contributed by atoms with Gasteiger partial charge in [-0.3, -0.25) is 9.48 Å². The number of carbonyl (C=O) groups excluding carboxylic acids is 1. The van der Waals surface area contributed by atoms with E-state index in [0.717, 1.165) is 36.8 Å². The van der Waals surface area contributed by atoms with Gasteiger partial charge in [0.25, 0.3) is 5.91 Å². The van der Waals surface area contributed by atoms with E-state index in [2.05, 4.69) is 10.4 Å². The molecule has 7 heteroatoms. The Kier molecular flexibility index (Phi) is 5.83.